The molecule has 1 aromatic rings. The largest absolute Gasteiger partial charge is 0.426 e. The predicted molar refractivity (Wildman–Crippen MR) is 57.0 cm³/mol. The van der Waals surface area contributed by atoms with Gasteiger partial charge in [-0.1, -0.05) is 30.3 Å². The predicted octanol–water partition coefficient (Wildman–Crippen LogP) is 3.91. The molecule has 0 saturated heterocycles. The van der Waals surface area contributed by atoms with Crippen LogP contribution in [0.15, 0.2) is 47.5 Å². The van der Waals surface area contributed by atoms with Gasteiger partial charge in [-0.05, 0) is 17.7 Å². The molecule has 0 bridgehead atoms. The minimum Gasteiger partial charge on any atom is -0.256 e. The number of aliphatic imine (C=N–C) groups is 1. The second-order valence-electron chi connectivity index (χ2n) is 3.96. The molecule has 2 rings (SSSR count). The van der Waals surface area contributed by atoms with Crippen molar-refractivity contribution in [1.82, 2.24) is 0 Å². The van der Waals surface area contributed by atoms with Gasteiger partial charge in [-0.25, -0.2) is 0 Å². The van der Waals surface area contributed by atoms with Gasteiger partial charge >= 0.3 is 12.4 Å². The van der Waals surface area contributed by atoms with Crippen LogP contribution in [0.3, 0.4) is 0 Å². The standard InChI is InChI=1S/C12H7F6N/c13-11(14,15)10(12(16,17)18)7-6-9(19-10)8-4-2-1-3-5-8/h1-7H. The van der Waals surface area contributed by atoms with E-state index in [4.69, 9.17) is 0 Å². The second-order valence-corrected chi connectivity index (χ2v) is 3.96. The normalized spacial score (nSPS) is 18.5. The first-order chi connectivity index (χ1) is 8.67. The quantitative estimate of drug-likeness (QED) is 0.691. The fraction of sp³-hybridized carbons (Fsp3) is 0.250. The first kappa shape index (κ1) is 13.6. The van der Waals surface area contributed by atoms with Crippen LogP contribution >= 0.6 is 0 Å². The van der Waals surface area contributed by atoms with Crippen molar-refractivity contribution in [3.8, 4) is 0 Å². The summed E-state index contributed by atoms with van der Waals surface area (Å²) < 4.78 is 76.3. The molecule has 0 radical (unpaired) electrons. The monoisotopic (exact) mass is 279 g/mol. The van der Waals surface area contributed by atoms with Gasteiger partial charge in [0, 0.05) is 0 Å². The maximum atomic E-state index is 12.7. The van der Waals surface area contributed by atoms with Crippen LogP contribution in [0.2, 0.25) is 0 Å². The van der Waals surface area contributed by atoms with E-state index in [9.17, 15) is 26.3 Å². The summed E-state index contributed by atoms with van der Waals surface area (Å²) in [6, 6.07) is 7.40. The zero-order valence-corrected chi connectivity index (χ0v) is 9.26. The zero-order chi connectivity index (χ0) is 14.3. The molecule has 0 atom stereocenters. The molecule has 0 spiro atoms. The molecule has 1 heterocycles. The van der Waals surface area contributed by atoms with Gasteiger partial charge in [-0.15, -0.1) is 0 Å². The Hall–Kier alpha value is -1.79. The average molecular weight is 279 g/mol. The van der Waals surface area contributed by atoms with Crippen molar-refractivity contribution in [1.29, 1.82) is 0 Å². The van der Waals surface area contributed by atoms with Crippen molar-refractivity contribution < 1.29 is 26.3 Å². The first-order valence-electron chi connectivity index (χ1n) is 5.15. The number of rotatable bonds is 1. The Morgan fingerprint density at radius 1 is 0.842 bits per heavy atom. The molecule has 0 amide bonds. The summed E-state index contributed by atoms with van der Waals surface area (Å²) in [6.45, 7) is 0. The van der Waals surface area contributed by atoms with Crippen molar-refractivity contribution >= 4 is 5.71 Å². The van der Waals surface area contributed by atoms with Gasteiger partial charge in [0.1, 0.15) is 0 Å². The topological polar surface area (TPSA) is 12.4 Å². The maximum absolute atomic E-state index is 12.7. The van der Waals surface area contributed by atoms with Gasteiger partial charge in [0.2, 0.25) is 0 Å². The summed E-state index contributed by atoms with van der Waals surface area (Å²) in [6.07, 6.45) is -10.3. The summed E-state index contributed by atoms with van der Waals surface area (Å²) in [4.78, 5) is 2.89. The molecule has 0 N–H and O–H groups in total. The summed E-state index contributed by atoms with van der Waals surface area (Å²) in [5.41, 5.74) is -4.28. The van der Waals surface area contributed by atoms with Crippen molar-refractivity contribution in [3.63, 3.8) is 0 Å². The Labute approximate surface area is 104 Å². The molecular formula is C12H7F6N. The number of halogens is 6. The van der Waals surface area contributed by atoms with E-state index < -0.39 is 17.9 Å². The average Bonchev–Trinajstić information content (AvgIpc) is 2.75. The summed E-state index contributed by atoms with van der Waals surface area (Å²) in [5, 5.41) is 0. The molecule has 1 aromatic carbocycles. The van der Waals surface area contributed by atoms with Crippen LogP contribution in [0.4, 0.5) is 26.3 Å². The van der Waals surface area contributed by atoms with Gasteiger partial charge < -0.3 is 0 Å². The number of alkyl halides is 6. The van der Waals surface area contributed by atoms with Gasteiger partial charge in [0.15, 0.2) is 0 Å². The molecule has 1 aliphatic rings. The highest BCUT2D eigenvalue weighted by Crippen LogP contribution is 2.49. The molecular weight excluding hydrogens is 272 g/mol. The minimum atomic E-state index is -5.53. The van der Waals surface area contributed by atoms with Gasteiger partial charge in [-0.2, -0.15) is 26.3 Å². The van der Waals surface area contributed by atoms with Crippen LogP contribution in [0, 0.1) is 0 Å². The highest BCUT2D eigenvalue weighted by Gasteiger charge is 2.71. The second kappa shape index (κ2) is 4.11. The smallest absolute Gasteiger partial charge is 0.256 e. The molecule has 0 aliphatic carbocycles. The molecule has 0 aromatic heterocycles. The van der Waals surface area contributed by atoms with Gasteiger partial charge in [-0.3, -0.25) is 4.99 Å². The summed E-state index contributed by atoms with van der Waals surface area (Å²) in [7, 11) is 0. The SMILES string of the molecule is FC(F)(F)C1(C(F)(F)F)C=CC(c2ccccc2)=N1. The third-order valence-electron chi connectivity index (χ3n) is 2.71. The van der Waals surface area contributed by atoms with E-state index in [-0.39, 0.29) is 17.4 Å². The Morgan fingerprint density at radius 3 is 1.79 bits per heavy atom. The third-order valence-corrected chi connectivity index (χ3v) is 2.71. The number of benzene rings is 1. The van der Waals surface area contributed by atoms with Crippen LogP contribution < -0.4 is 0 Å². The lowest BCUT2D eigenvalue weighted by molar-refractivity contribution is -0.277. The lowest BCUT2D eigenvalue weighted by atomic mass is 10.0. The molecule has 19 heavy (non-hydrogen) atoms. The van der Waals surface area contributed by atoms with E-state index in [0.29, 0.717) is 0 Å². The van der Waals surface area contributed by atoms with E-state index in [0.717, 1.165) is 6.08 Å². The van der Waals surface area contributed by atoms with Gasteiger partial charge in [0.05, 0.1) is 5.71 Å². The van der Waals surface area contributed by atoms with Crippen molar-refractivity contribution in [2.45, 2.75) is 17.9 Å². The Kier molecular flexibility index (Phi) is 2.95. The number of hydrogen-bond donors (Lipinski definition) is 0. The van der Waals surface area contributed by atoms with E-state index in [1.165, 1.54) is 24.3 Å². The molecule has 0 saturated carbocycles. The Balaban J connectivity index is 2.53. The van der Waals surface area contributed by atoms with Gasteiger partial charge in [0.25, 0.3) is 5.54 Å². The zero-order valence-electron chi connectivity index (χ0n) is 9.26. The summed E-state index contributed by atoms with van der Waals surface area (Å²) in [5.74, 6) is 0. The fourth-order valence-corrected chi connectivity index (χ4v) is 1.71. The molecule has 7 heteroatoms. The molecule has 1 aliphatic heterocycles. The number of nitrogens with zero attached hydrogens (tertiary/aromatic N) is 1. The van der Waals surface area contributed by atoms with E-state index in [2.05, 4.69) is 4.99 Å². The van der Waals surface area contributed by atoms with E-state index in [1.807, 2.05) is 0 Å². The van der Waals surface area contributed by atoms with Crippen LogP contribution in [-0.4, -0.2) is 23.6 Å². The minimum absolute atomic E-state index is 0.0509. The lowest BCUT2D eigenvalue weighted by Crippen LogP contribution is -2.53. The molecule has 1 nitrogen and oxygen atoms in total. The van der Waals surface area contributed by atoms with Crippen molar-refractivity contribution in [2.75, 3.05) is 0 Å². The van der Waals surface area contributed by atoms with Crippen LogP contribution in [0.25, 0.3) is 0 Å². The van der Waals surface area contributed by atoms with Crippen LogP contribution in [0.5, 0.6) is 0 Å². The van der Waals surface area contributed by atoms with E-state index >= 15 is 0 Å². The van der Waals surface area contributed by atoms with E-state index in [1.54, 1.807) is 6.07 Å². The van der Waals surface area contributed by atoms with Crippen molar-refractivity contribution in [2.24, 2.45) is 4.99 Å². The van der Waals surface area contributed by atoms with Crippen LogP contribution in [-0.2, 0) is 0 Å². The number of hydrogen-bond acceptors (Lipinski definition) is 1. The first-order valence-corrected chi connectivity index (χ1v) is 5.15. The highest BCUT2D eigenvalue weighted by molar-refractivity contribution is 6.10. The fourth-order valence-electron chi connectivity index (χ4n) is 1.71. The lowest BCUT2D eigenvalue weighted by Gasteiger charge is -2.29. The maximum Gasteiger partial charge on any atom is 0.426 e. The third kappa shape index (κ3) is 2.13. The molecule has 102 valence electrons. The molecule has 0 unspecified atom stereocenters. The summed E-state index contributed by atoms with van der Waals surface area (Å²) >= 11 is 0. The highest BCUT2D eigenvalue weighted by atomic mass is 19.4. The Bertz CT molecular complexity index is 509. The van der Waals surface area contributed by atoms with Crippen molar-refractivity contribution in [3.05, 3.63) is 48.0 Å². The van der Waals surface area contributed by atoms with Crippen LogP contribution in [0.1, 0.15) is 5.56 Å². The molecule has 0 fully saturated rings. The number of allylic oxidation sites excluding steroid dienone is 1. The Morgan fingerprint density at radius 2 is 1.37 bits per heavy atom.